The lowest BCUT2D eigenvalue weighted by Gasteiger charge is -2.32. The fourth-order valence-corrected chi connectivity index (χ4v) is 2.30. The van der Waals surface area contributed by atoms with Gasteiger partial charge in [-0.2, -0.15) is 0 Å². The highest BCUT2D eigenvalue weighted by molar-refractivity contribution is 7.98. The van der Waals surface area contributed by atoms with Crippen LogP contribution in [-0.2, 0) is 9.53 Å². The number of carbonyl (C=O) groups excluding carboxylic acids is 2. The quantitative estimate of drug-likeness (QED) is 0.493. The maximum atomic E-state index is 12.3. The lowest BCUT2D eigenvalue weighted by Crippen LogP contribution is -2.55. The second kappa shape index (κ2) is 6.67. The SMILES string of the molecule is COC(=O)C1CCCN(C(=O)c2ccnc(SC)n2)N1. The van der Waals surface area contributed by atoms with Gasteiger partial charge in [-0.1, -0.05) is 11.8 Å². The Hall–Kier alpha value is -1.67. The first-order valence-corrected chi connectivity index (χ1v) is 7.41. The molecule has 1 fully saturated rings. The number of aromatic nitrogens is 2. The highest BCUT2D eigenvalue weighted by Crippen LogP contribution is 2.13. The predicted octanol–water partition coefficient (Wildman–Crippen LogP) is 0.481. The molecule has 0 saturated carbocycles. The normalized spacial score (nSPS) is 18.7. The van der Waals surface area contributed by atoms with Crippen LogP contribution in [0.2, 0.25) is 0 Å². The lowest BCUT2D eigenvalue weighted by molar-refractivity contribution is -0.145. The Labute approximate surface area is 121 Å². The molecule has 0 spiro atoms. The number of hydrogen-bond donors (Lipinski definition) is 1. The van der Waals surface area contributed by atoms with Crippen molar-refractivity contribution in [1.29, 1.82) is 0 Å². The topological polar surface area (TPSA) is 84.4 Å². The molecule has 2 rings (SSSR count). The first-order chi connectivity index (χ1) is 9.65. The number of nitrogens with one attached hydrogen (secondary N) is 1. The van der Waals surface area contributed by atoms with Crippen molar-refractivity contribution in [2.45, 2.75) is 24.0 Å². The van der Waals surface area contributed by atoms with Crippen molar-refractivity contribution in [3.8, 4) is 0 Å². The summed E-state index contributed by atoms with van der Waals surface area (Å²) in [5.74, 6) is -0.633. The van der Waals surface area contributed by atoms with Gasteiger partial charge in [0, 0.05) is 12.7 Å². The zero-order valence-corrected chi connectivity index (χ0v) is 12.1. The predicted molar refractivity (Wildman–Crippen MR) is 73.0 cm³/mol. The Balaban J connectivity index is 2.10. The van der Waals surface area contributed by atoms with E-state index >= 15 is 0 Å². The summed E-state index contributed by atoms with van der Waals surface area (Å²) < 4.78 is 4.69. The number of esters is 1. The molecule has 2 heterocycles. The molecule has 1 aliphatic heterocycles. The number of thioether (sulfide) groups is 1. The zero-order valence-electron chi connectivity index (χ0n) is 11.3. The molecule has 0 aliphatic carbocycles. The molecule has 0 aromatic carbocycles. The molecule has 1 amide bonds. The van der Waals surface area contributed by atoms with E-state index in [0.717, 1.165) is 6.42 Å². The van der Waals surface area contributed by atoms with Crippen molar-refractivity contribution in [3.63, 3.8) is 0 Å². The van der Waals surface area contributed by atoms with Gasteiger partial charge in [0.15, 0.2) is 5.16 Å². The molecule has 8 heteroatoms. The molecule has 7 nitrogen and oxygen atoms in total. The molecule has 1 aromatic rings. The van der Waals surface area contributed by atoms with Crippen molar-refractivity contribution in [2.24, 2.45) is 0 Å². The Bertz CT molecular complexity index is 511. The number of carbonyl (C=O) groups is 2. The van der Waals surface area contributed by atoms with Crippen LogP contribution in [0.1, 0.15) is 23.3 Å². The first kappa shape index (κ1) is 14.7. The molecular weight excluding hydrogens is 280 g/mol. The van der Waals surface area contributed by atoms with Crippen molar-refractivity contribution in [1.82, 2.24) is 20.4 Å². The number of nitrogens with zero attached hydrogens (tertiary/aromatic N) is 3. The van der Waals surface area contributed by atoms with Gasteiger partial charge < -0.3 is 4.74 Å². The molecule has 108 valence electrons. The summed E-state index contributed by atoms with van der Waals surface area (Å²) in [7, 11) is 1.33. The van der Waals surface area contributed by atoms with Crippen LogP contribution in [0.3, 0.4) is 0 Å². The van der Waals surface area contributed by atoms with Gasteiger partial charge in [0.1, 0.15) is 11.7 Å². The highest BCUT2D eigenvalue weighted by Gasteiger charge is 2.29. The summed E-state index contributed by atoms with van der Waals surface area (Å²) in [6.45, 7) is 0.533. The monoisotopic (exact) mass is 296 g/mol. The third-order valence-electron chi connectivity index (χ3n) is 2.95. The van der Waals surface area contributed by atoms with E-state index in [0.29, 0.717) is 23.8 Å². The van der Waals surface area contributed by atoms with E-state index in [1.807, 2.05) is 6.26 Å². The van der Waals surface area contributed by atoms with Crippen LogP contribution in [0.4, 0.5) is 0 Å². The molecular formula is C12H16N4O3S. The maximum Gasteiger partial charge on any atom is 0.324 e. The molecule has 1 N–H and O–H groups in total. The number of ether oxygens (including phenoxy) is 1. The van der Waals surface area contributed by atoms with E-state index in [4.69, 9.17) is 4.74 Å². The summed E-state index contributed by atoms with van der Waals surface area (Å²) in [4.78, 5) is 32.0. The maximum absolute atomic E-state index is 12.3. The Morgan fingerprint density at radius 2 is 2.35 bits per heavy atom. The molecule has 1 saturated heterocycles. The van der Waals surface area contributed by atoms with Gasteiger partial charge >= 0.3 is 5.97 Å². The van der Waals surface area contributed by atoms with Gasteiger partial charge in [0.2, 0.25) is 0 Å². The fourth-order valence-electron chi connectivity index (χ4n) is 1.94. The second-order valence-electron chi connectivity index (χ2n) is 4.23. The number of methoxy groups -OCH3 is 1. The Kier molecular flexibility index (Phi) is 4.91. The van der Waals surface area contributed by atoms with Gasteiger partial charge in [0.25, 0.3) is 5.91 Å². The molecule has 1 atom stereocenters. The van der Waals surface area contributed by atoms with Gasteiger partial charge in [-0.3, -0.25) is 14.6 Å². The van der Waals surface area contributed by atoms with E-state index in [1.54, 1.807) is 12.3 Å². The highest BCUT2D eigenvalue weighted by atomic mass is 32.2. The average molecular weight is 296 g/mol. The van der Waals surface area contributed by atoms with Gasteiger partial charge in [-0.25, -0.2) is 15.4 Å². The van der Waals surface area contributed by atoms with E-state index in [1.165, 1.54) is 23.9 Å². The average Bonchev–Trinajstić information content (AvgIpc) is 2.53. The lowest BCUT2D eigenvalue weighted by atomic mass is 10.1. The Morgan fingerprint density at radius 1 is 1.55 bits per heavy atom. The third kappa shape index (κ3) is 3.26. The molecule has 0 radical (unpaired) electrons. The van der Waals surface area contributed by atoms with Crippen LogP contribution in [-0.4, -0.2) is 52.8 Å². The van der Waals surface area contributed by atoms with E-state index in [2.05, 4.69) is 15.4 Å². The largest absolute Gasteiger partial charge is 0.468 e. The number of hydrazine groups is 1. The van der Waals surface area contributed by atoms with Crippen molar-refractivity contribution in [2.75, 3.05) is 19.9 Å². The van der Waals surface area contributed by atoms with E-state index < -0.39 is 6.04 Å². The molecule has 0 bridgehead atoms. The van der Waals surface area contributed by atoms with Crippen molar-refractivity contribution < 1.29 is 14.3 Å². The minimum absolute atomic E-state index is 0.267. The second-order valence-corrected chi connectivity index (χ2v) is 5.01. The van der Waals surface area contributed by atoms with Gasteiger partial charge in [-0.15, -0.1) is 0 Å². The summed E-state index contributed by atoms with van der Waals surface area (Å²) in [6.07, 6.45) is 4.78. The van der Waals surface area contributed by atoms with Crippen molar-refractivity contribution >= 4 is 23.6 Å². The Morgan fingerprint density at radius 3 is 3.05 bits per heavy atom. The van der Waals surface area contributed by atoms with Crippen LogP contribution >= 0.6 is 11.8 Å². The first-order valence-electron chi connectivity index (χ1n) is 6.18. The summed E-state index contributed by atoms with van der Waals surface area (Å²) in [5.41, 5.74) is 3.19. The zero-order chi connectivity index (χ0) is 14.5. The summed E-state index contributed by atoms with van der Waals surface area (Å²) in [6, 6.07) is 1.07. The third-order valence-corrected chi connectivity index (χ3v) is 3.51. The molecule has 20 heavy (non-hydrogen) atoms. The summed E-state index contributed by atoms with van der Waals surface area (Å²) in [5, 5.41) is 1.95. The molecule has 1 unspecified atom stereocenters. The van der Waals surface area contributed by atoms with Crippen LogP contribution in [0.5, 0.6) is 0 Å². The van der Waals surface area contributed by atoms with Gasteiger partial charge in [0.05, 0.1) is 7.11 Å². The molecule has 1 aliphatic rings. The van der Waals surface area contributed by atoms with Crippen LogP contribution < -0.4 is 5.43 Å². The summed E-state index contributed by atoms with van der Waals surface area (Å²) >= 11 is 1.37. The number of amides is 1. The van der Waals surface area contributed by atoms with Crippen molar-refractivity contribution in [3.05, 3.63) is 18.0 Å². The standard InChI is InChI=1S/C12H16N4O3S/c1-19-11(18)9-4-3-7-16(15-9)10(17)8-5-6-13-12(14-8)20-2/h5-6,9,15H,3-4,7H2,1-2H3. The fraction of sp³-hybridized carbons (Fsp3) is 0.500. The van der Waals surface area contributed by atoms with Crippen LogP contribution in [0.15, 0.2) is 17.4 Å². The molecule has 1 aromatic heterocycles. The van der Waals surface area contributed by atoms with Crippen LogP contribution in [0.25, 0.3) is 0 Å². The number of hydrogen-bond acceptors (Lipinski definition) is 7. The van der Waals surface area contributed by atoms with Gasteiger partial charge in [-0.05, 0) is 25.2 Å². The smallest absolute Gasteiger partial charge is 0.324 e. The van der Waals surface area contributed by atoms with E-state index in [9.17, 15) is 9.59 Å². The van der Waals surface area contributed by atoms with Crippen LogP contribution in [0, 0.1) is 0 Å². The van der Waals surface area contributed by atoms with E-state index in [-0.39, 0.29) is 11.9 Å². The minimum atomic E-state index is -0.487. The minimum Gasteiger partial charge on any atom is -0.468 e. The number of rotatable bonds is 3.